The van der Waals surface area contributed by atoms with Gasteiger partial charge in [0.25, 0.3) is 0 Å². The molecule has 1 aromatic rings. The van der Waals surface area contributed by atoms with Crippen LogP contribution in [0.1, 0.15) is 33.3 Å². The van der Waals surface area contributed by atoms with Crippen LogP contribution in [-0.2, 0) is 4.79 Å². The topological polar surface area (TPSA) is 41.1 Å². The standard InChI is InChI=1S/C14H21FN2O/c1-9-6-7-11(8-12(9)15)16-10(2)13(18)17-14(3,4)5/h6-8,10,16H,1-5H3,(H,17,18). The molecule has 1 unspecified atom stereocenters. The Morgan fingerprint density at radius 1 is 1.33 bits per heavy atom. The van der Waals surface area contributed by atoms with Gasteiger partial charge in [0.2, 0.25) is 5.91 Å². The van der Waals surface area contributed by atoms with Crippen molar-refractivity contribution in [2.45, 2.75) is 46.2 Å². The molecule has 0 bridgehead atoms. The molecule has 2 N–H and O–H groups in total. The molecule has 1 rings (SSSR count). The lowest BCUT2D eigenvalue weighted by Crippen LogP contribution is -2.47. The van der Waals surface area contributed by atoms with Gasteiger partial charge >= 0.3 is 0 Å². The van der Waals surface area contributed by atoms with E-state index in [9.17, 15) is 9.18 Å². The van der Waals surface area contributed by atoms with E-state index in [0.717, 1.165) is 0 Å². The van der Waals surface area contributed by atoms with E-state index in [-0.39, 0.29) is 17.3 Å². The Hall–Kier alpha value is -1.58. The zero-order valence-corrected chi connectivity index (χ0v) is 11.6. The van der Waals surface area contributed by atoms with Gasteiger partial charge in [-0.25, -0.2) is 4.39 Å². The van der Waals surface area contributed by atoms with E-state index in [0.29, 0.717) is 11.3 Å². The number of rotatable bonds is 3. The summed E-state index contributed by atoms with van der Waals surface area (Å²) in [6, 6.07) is 4.44. The monoisotopic (exact) mass is 252 g/mol. The number of hydrogen-bond acceptors (Lipinski definition) is 2. The van der Waals surface area contributed by atoms with E-state index >= 15 is 0 Å². The van der Waals surface area contributed by atoms with Crippen molar-refractivity contribution in [3.05, 3.63) is 29.6 Å². The molecule has 4 heteroatoms. The van der Waals surface area contributed by atoms with E-state index < -0.39 is 6.04 Å². The second-order valence-electron chi connectivity index (χ2n) is 5.57. The largest absolute Gasteiger partial charge is 0.374 e. The molecule has 0 aliphatic carbocycles. The predicted octanol–water partition coefficient (Wildman–Crippen LogP) is 2.85. The van der Waals surface area contributed by atoms with Crippen LogP contribution in [-0.4, -0.2) is 17.5 Å². The van der Waals surface area contributed by atoms with Crippen LogP contribution < -0.4 is 10.6 Å². The van der Waals surface area contributed by atoms with Crippen LogP contribution >= 0.6 is 0 Å². The van der Waals surface area contributed by atoms with Crippen molar-refractivity contribution in [1.82, 2.24) is 5.32 Å². The SMILES string of the molecule is Cc1ccc(NC(C)C(=O)NC(C)(C)C)cc1F. The Morgan fingerprint density at radius 2 is 1.94 bits per heavy atom. The van der Waals surface area contributed by atoms with Crippen LogP contribution in [0.25, 0.3) is 0 Å². The van der Waals surface area contributed by atoms with Crippen molar-refractivity contribution in [3.8, 4) is 0 Å². The number of hydrogen-bond donors (Lipinski definition) is 2. The van der Waals surface area contributed by atoms with Gasteiger partial charge in [-0.2, -0.15) is 0 Å². The third kappa shape index (κ3) is 4.35. The maximum Gasteiger partial charge on any atom is 0.242 e. The molecule has 0 fully saturated rings. The van der Waals surface area contributed by atoms with Gasteiger partial charge in [-0.3, -0.25) is 4.79 Å². The summed E-state index contributed by atoms with van der Waals surface area (Å²) >= 11 is 0. The number of benzene rings is 1. The maximum atomic E-state index is 13.4. The van der Waals surface area contributed by atoms with Gasteiger partial charge in [-0.1, -0.05) is 6.07 Å². The molecule has 1 amide bonds. The Morgan fingerprint density at radius 3 is 2.44 bits per heavy atom. The number of anilines is 1. The van der Waals surface area contributed by atoms with Crippen LogP contribution in [0.3, 0.4) is 0 Å². The molecule has 0 aliphatic rings. The number of aryl methyl sites for hydroxylation is 1. The second-order valence-corrected chi connectivity index (χ2v) is 5.57. The number of carbonyl (C=O) groups is 1. The fraction of sp³-hybridized carbons (Fsp3) is 0.500. The van der Waals surface area contributed by atoms with Crippen molar-refractivity contribution in [2.24, 2.45) is 0 Å². The third-order valence-corrected chi connectivity index (χ3v) is 2.45. The van der Waals surface area contributed by atoms with Crippen molar-refractivity contribution < 1.29 is 9.18 Å². The summed E-state index contributed by atoms with van der Waals surface area (Å²) in [5.41, 5.74) is 0.924. The Bertz CT molecular complexity index is 438. The zero-order chi connectivity index (χ0) is 13.9. The van der Waals surface area contributed by atoms with E-state index in [4.69, 9.17) is 0 Å². The average Bonchev–Trinajstić information content (AvgIpc) is 2.21. The molecule has 0 saturated carbocycles. The van der Waals surface area contributed by atoms with Crippen LogP contribution in [0.5, 0.6) is 0 Å². The summed E-state index contributed by atoms with van der Waals surface area (Å²) in [5, 5.41) is 5.85. The first-order chi connectivity index (χ1) is 8.19. The molecular formula is C14H21FN2O. The Labute approximate surface area is 108 Å². The molecular weight excluding hydrogens is 231 g/mol. The lowest BCUT2D eigenvalue weighted by Gasteiger charge is -2.24. The highest BCUT2D eigenvalue weighted by atomic mass is 19.1. The molecule has 0 aliphatic heterocycles. The van der Waals surface area contributed by atoms with Crippen molar-refractivity contribution in [2.75, 3.05) is 5.32 Å². The number of carbonyl (C=O) groups excluding carboxylic acids is 1. The summed E-state index contributed by atoms with van der Waals surface area (Å²) in [5.74, 6) is -0.382. The van der Waals surface area contributed by atoms with Crippen LogP contribution in [0, 0.1) is 12.7 Å². The molecule has 0 aromatic heterocycles. The van der Waals surface area contributed by atoms with Gasteiger partial charge in [0, 0.05) is 11.2 Å². The van der Waals surface area contributed by atoms with E-state index in [1.165, 1.54) is 6.07 Å². The van der Waals surface area contributed by atoms with Crippen LogP contribution in [0.15, 0.2) is 18.2 Å². The average molecular weight is 252 g/mol. The van der Waals surface area contributed by atoms with Crippen LogP contribution in [0.4, 0.5) is 10.1 Å². The fourth-order valence-corrected chi connectivity index (χ4v) is 1.48. The van der Waals surface area contributed by atoms with Gasteiger partial charge in [-0.05, 0) is 52.3 Å². The molecule has 1 atom stereocenters. The lowest BCUT2D eigenvalue weighted by molar-refractivity contribution is -0.122. The molecule has 1 aromatic carbocycles. The Kier molecular flexibility index (Phi) is 4.33. The highest BCUT2D eigenvalue weighted by Gasteiger charge is 2.19. The van der Waals surface area contributed by atoms with Crippen molar-refractivity contribution in [1.29, 1.82) is 0 Å². The van der Waals surface area contributed by atoms with Crippen LogP contribution in [0.2, 0.25) is 0 Å². The van der Waals surface area contributed by atoms with Gasteiger partial charge in [0.1, 0.15) is 11.9 Å². The quantitative estimate of drug-likeness (QED) is 0.868. The lowest BCUT2D eigenvalue weighted by atomic mass is 10.1. The fourth-order valence-electron chi connectivity index (χ4n) is 1.48. The van der Waals surface area contributed by atoms with E-state index in [1.54, 1.807) is 26.0 Å². The van der Waals surface area contributed by atoms with Gasteiger partial charge in [-0.15, -0.1) is 0 Å². The third-order valence-electron chi connectivity index (χ3n) is 2.45. The molecule has 0 saturated heterocycles. The first-order valence-corrected chi connectivity index (χ1v) is 6.04. The van der Waals surface area contributed by atoms with Gasteiger partial charge < -0.3 is 10.6 Å². The highest BCUT2D eigenvalue weighted by Crippen LogP contribution is 2.14. The minimum Gasteiger partial charge on any atom is -0.374 e. The Balaban J connectivity index is 2.66. The number of nitrogens with one attached hydrogen (secondary N) is 2. The normalized spacial score (nSPS) is 13.0. The molecule has 18 heavy (non-hydrogen) atoms. The summed E-state index contributed by atoms with van der Waals surface area (Å²) in [6.07, 6.45) is 0. The minimum absolute atomic E-state index is 0.108. The van der Waals surface area contributed by atoms with Crippen molar-refractivity contribution >= 4 is 11.6 Å². The van der Waals surface area contributed by atoms with Gasteiger partial charge in [0.05, 0.1) is 0 Å². The first kappa shape index (κ1) is 14.5. The first-order valence-electron chi connectivity index (χ1n) is 6.04. The van der Waals surface area contributed by atoms with E-state index in [1.807, 2.05) is 20.8 Å². The maximum absolute atomic E-state index is 13.4. The highest BCUT2D eigenvalue weighted by molar-refractivity contribution is 5.84. The molecule has 3 nitrogen and oxygen atoms in total. The molecule has 0 spiro atoms. The molecule has 0 heterocycles. The molecule has 0 radical (unpaired) electrons. The smallest absolute Gasteiger partial charge is 0.242 e. The van der Waals surface area contributed by atoms with Crippen molar-refractivity contribution in [3.63, 3.8) is 0 Å². The molecule has 100 valence electrons. The van der Waals surface area contributed by atoms with E-state index in [2.05, 4.69) is 10.6 Å². The minimum atomic E-state index is -0.411. The predicted molar refractivity (Wildman–Crippen MR) is 72.1 cm³/mol. The summed E-state index contributed by atoms with van der Waals surface area (Å²) in [6.45, 7) is 9.21. The number of halogens is 1. The summed E-state index contributed by atoms with van der Waals surface area (Å²) in [7, 11) is 0. The second kappa shape index (κ2) is 5.38. The van der Waals surface area contributed by atoms with Gasteiger partial charge in [0.15, 0.2) is 0 Å². The number of amides is 1. The summed E-state index contributed by atoms with van der Waals surface area (Å²) < 4.78 is 13.4. The summed E-state index contributed by atoms with van der Waals surface area (Å²) in [4.78, 5) is 11.8. The zero-order valence-electron chi connectivity index (χ0n) is 11.6.